The lowest BCUT2D eigenvalue weighted by atomic mass is 10.1. The van der Waals surface area contributed by atoms with Crippen LogP contribution in [0.2, 0.25) is 0 Å². The predicted octanol–water partition coefficient (Wildman–Crippen LogP) is 2.19. The molecule has 0 radical (unpaired) electrons. The van der Waals surface area contributed by atoms with Gasteiger partial charge in [0.2, 0.25) is 0 Å². The number of allylic oxidation sites excluding steroid dienone is 1. The van der Waals surface area contributed by atoms with Gasteiger partial charge >= 0.3 is 0 Å². The van der Waals surface area contributed by atoms with E-state index in [1.807, 2.05) is 24.3 Å². The molecule has 0 bridgehead atoms. The zero-order chi connectivity index (χ0) is 9.68. The number of carbonyl (C=O) groups is 1. The summed E-state index contributed by atoms with van der Waals surface area (Å²) in [6.07, 6.45) is 1.78. The van der Waals surface area contributed by atoms with Crippen molar-refractivity contribution < 1.29 is 4.79 Å². The molecule has 0 aliphatic carbocycles. The Labute approximate surface area is 80.3 Å². The third kappa shape index (κ3) is 3.00. The molecule has 1 aromatic rings. The second-order valence-corrected chi connectivity index (χ2v) is 2.98. The number of nitrogens with one attached hydrogen (secondary N) is 1. The number of rotatable bonds is 4. The van der Waals surface area contributed by atoms with Gasteiger partial charge in [-0.25, -0.2) is 0 Å². The first-order valence-electron chi connectivity index (χ1n) is 3.97. The third-order valence-corrected chi connectivity index (χ3v) is 2.06. The van der Waals surface area contributed by atoms with Gasteiger partial charge in [-0.05, 0) is 33.2 Å². The van der Waals surface area contributed by atoms with Crippen LogP contribution in [-0.2, 0) is 11.2 Å². The van der Waals surface area contributed by atoms with Crippen molar-refractivity contribution in [1.29, 1.82) is 0 Å². The quantitative estimate of drug-likeness (QED) is 0.586. The molecule has 1 atom stereocenters. The summed E-state index contributed by atoms with van der Waals surface area (Å²) in [6.45, 7) is 3.43. The number of hydrogen-bond donors (Lipinski definition) is 1. The maximum atomic E-state index is 11.0. The molecule has 0 saturated heterocycles. The summed E-state index contributed by atoms with van der Waals surface area (Å²) < 4.78 is 0. The Morgan fingerprint density at radius 1 is 1.46 bits per heavy atom. The monoisotopic (exact) mass is 193 g/mol. The van der Waals surface area contributed by atoms with Crippen LogP contribution in [0.4, 0.5) is 5.69 Å². The molecule has 0 spiro atoms. The molecule has 68 valence electrons. The lowest BCUT2D eigenvalue weighted by Gasteiger charge is -2.01. The summed E-state index contributed by atoms with van der Waals surface area (Å²) in [5, 5.41) is 2.93. The van der Waals surface area contributed by atoms with E-state index < -0.39 is 0 Å². The summed E-state index contributed by atoms with van der Waals surface area (Å²) >= 11 is 0. The van der Waals surface area contributed by atoms with Gasteiger partial charge in [-0.2, -0.15) is 0 Å². The smallest absolute Gasteiger partial charge is 0.159 e. The first-order chi connectivity index (χ1) is 6.26. The van der Waals surface area contributed by atoms with Gasteiger partial charge in [0.05, 0.1) is 0 Å². The Hall–Kier alpha value is -1.14. The highest BCUT2D eigenvalue weighted by Gasteiger charge is 1.98. The number of benzene rings is 1. The number of anilines is 1. The van der Waals surface area contributed by atoms with Gasteiger partial charge in [0.1, 0.15) is 0 Å². The molecular formula is C10H12NOP. The van der Waals surface area contributed by atoms with Gasteiger partial charge in [-0.1, -0.05) is 18.7 Å². The van der Waals surface area contributed by atoms with Crippen molar-refractivity contribution in [3.8, 4) is 0 Å². The Morgan fingerprint density at radius 2 is 2.08 bits per heavy atom. The minimum Gasteiger partial charge on any atom is -0.369 e. The maximum Gasteiger partial charge on any atom is 0.159 e. The first-order valence-corrected chi connectivity index (χ1v) is 4.55. The summed E-state index contributed by atoms with van der Waals surface area (Å²) in [7, 11) is 2.42. The average Bonchev–Trinajstić information content (AvgIpc) is 2.19. The fourth-order valence-corrected chi connectivity index (χ4v) is 1.18. The van der Waals surface area contributed by atoms with E-state index >= 15 is 0 Å². The molecule has 0 saturated carbocycles. The van der Waals surface area contributed by atoms with E-state index in [1.54, 1.807) is 0 Å². The molecule has 1 unspecified atom stereocenters. The molecule has 0 amide bonds. The molecule has 0 heterocycles. The van der Waals surface area contributed by atoms with E-state index in [2.05, 4.69) is 21.1 Å². The highest BCUT2D eigenvalue weighted by molar-refractivity contribution is 7.18. The molecular weight excluding hydrogens is 181 g/mol. The van der Waals surface area contributed by atoms with Crippen molar-refractivity contribution in [2.24, 2.45) is 0 Å². The van der Waals surface area contributed by atoms with Crippen LogP contribution in [0.15, 0.2) is 36.9 Å². The van der Waals surface area contributed by atoms with Crippen LogP contribution >= 0.6 is 9.39 Å². The summed E-state index contributed by atoms with van der Waals surface area (Å²) in [4.78, 5) is 11.0. The molecule has 2 nitrogen and oxygen atoms in total. The summed E-state index contributed by atoms with van der Waals surface area (Å²) in [6, 6.07) is 7.71. The fourth-order valence-electron chi connectivity index (χ4n) is 0.992. The first kappa shape index (κ1) is 9.94. The molecule has 0 aliphatic heterocycles. The van der Waals surface area contributed by atoms with Crippen molar-refractivity contribution in [3.05, 3.63) is 42.5 Å². The molecule has 0 aromatic heterocycles. The Bertz CT molecular complexity index is 305. The van der Waals surface area contributed by atoms with Crippen LogP contribution in [0.1, 0.15) is 5.56 Å². The number of hydrogen-bond acceptors (Lipinski definition) is 2. The van der Waals surface area contributed by atoms with Crippen LogP contribution in [-0.4, -0.2) is 5.78 Å². The molecule has 1 rings (SSSR count). The summed E-state index contributed by atoms with van der Waals surface area (Å²) in [5.74, 6) is 0.0478. The average molecular weight is 193 g/mol. The largest absolute Gasteiger partial charge is 0.369 e. The van der Waals surface area contributed by atoms with Crippen LogP contribution in [0.5, 0.6) is 0 Å². The normalized spacial score (nSPS) is 9.31. The SMILES string of the molecule is C=CC(=O)Cc1ccc(NP)cc1. The zero-order valence-corrected chi connectivity index (χ0v) is 8.44. The van der Waals surface area contributed by atoms with Gasteiger partial charge in [0, 0.05) is 12.1 Å². The van der Waals surface area contributed by atoms with E-state index in [-0.39, 0.29) is 5.78 Å². The van der Waals surface area contributed by atoms with Gasteiger partial charge in [0.25, 0.3) is 0 Å². The zero-order valence-electron chi connectivity index (χ0n) is 7.29. The molecule has 1 N–H and O–H groups in total. The van der Waals surface area contributed by atoms with Crippen molar-refractivity contribution >= 4 is 20.9 Å². The number of ketones is 1. The van der Waals surface area contributed by atoms with Gasteiger partial charge < -0.3 is 5.09 Å². The lowest BCUT2D eigenvalue weighted by Crippen LogP contribution is -1.97. The molecule has 1 aromatic carbocycles. The maximum absolute atomic E-state index is 11.0. The fraction of sp³-hybridized carbons (Fsp3) is 0.100. The standard InChI is InChI=1S/C10H12NOP/c1-2-10(12)7-8-3-5-9(11-13)6-4-8/h2-6,11H,1,7,13H2. The van der Waals surface area contributed by atoms with Gasteiger partial charge in [-0.3, -0.25) is 4.79 Å². The van der Waals surface area contributed by atoms with Crippen molar-refractivity contribution in [3.63, 3.8) is 0 Å². The molecule has 13 heavy (non-hydrogen) atoms. The Kier molecular flexibility index (Phi) is 3.66. The van der Waals surface area contributed by atoms with Crippen LogP contribution in [0.25, 0.3) is 0 Å². The van der Waals surface area contributed by atoms with Crippen LogP contribution < -0.4 is 5.09 Å². The minimum atomic E-state index is 0.0478. The van der Waals surface area contributed by atoms with Crippen molar-refractivity contribution in [2.45, 2.75) is 6.42 Å². The van der Waals surface area contributed by atoms with Crippen LogP contribution in [0.3, 0.4) is 0 Å². The molecule has 0 aliphatic rings. The second-order valence-electron chi connectivity index (χ2n) is 2.69. The van der Waals surface area contributed by atoms with Gasteiger partial charge in [-0.15, -0.1) is 0 Å². The molecule has 0 fully saturated rings. The third-order valence-electron chi connectivity index (χ3n) is 1.73. The second kappa shape index (κ2) is 4.78. The van der Waals surface area contributed by atoms with Crippen molar-refractivity contribution in [1.82, 2.24) is 0 Å². The Morgan fingerprint density at radius 3 is 2.54 bits per heavy atom. The molecule has 3 heteroatoms. The number of carbonyl (C=O) groups excluding carboxylic acids is 1. The predicted molar refractivity (Wildman–Crippen MR) is 58.7 cm³/mol. The van der Waals surface area contributed by atoms with E-state index in [1.165, 1.54) is 6.08 Å². The van der Waals surface area contributed by atoms with E-state index in [4.69, 9.17) is 0 Å². The highest BCUT2D eigenvalue weighted by atomic mass is 31.0. The van der Waals surface area contributed by atoms with E-state index in [0.717, 1.165) is 11.3 Å². The highest BCUT2D eigenvalue weighted by Crippen LogP contribution is 2.11. The Balaban J connectivity index is 2.69. The minimum absolute atomic E-state index is 0.0478. The van der Waals surface area contributed by atoms with Crippen molar-refractivity contribution in [2.75, 3.05) is 5.09 Å². The van der Waals surface area contributed by atoms with Crippen LogP contribution in [0, 0.1) is 0 Å². The lowest BCUT2D eigenvalue weighted by molar-refractivity contribution is -0.114. The van der Waals surface area contributed by atoms with Gasteiger partial charge in [0.15, 0.2) is 5.78 Å². The summed E-state index contributed by atoms with van der Waals surface area (Å²) in [5.41, 5.74) is 2.02. The van der Waals surface area contributed by atoms with E-state index in [9.17, 15) is 4.79 Å². The van der Waals surface area contributed by atoms with E-state index in [0.29, 0.717) is 6.42 Å². The topological polar surface area (TPSA) is 29.1 Å².